The zero-order chi connectivity index (χ0) is 58.3. The van der Waals surface area contributed by atoms with Gasteiger partial charge in [0.15, 0.2) is 6.10 Å². The average Bonchev–Trinajstić information content (AvgIpc) is 3.45. The quantitative estimate of drug-likeness (QED) is 0.0197. The Kier molecular flexibility index (Phi) is 60.0. The van der Waals surface area contributed by atoms with E-state index < -0.39 is 57.8 Å². The van der Waals surface area contributed by atoms with Crippen LogP contribution in [0.2, 0.25) is 0 Å². The molecule has 0 aromatic carbocycles. The smallest absolute Gasteiger partial charge is 0.462 e. The normalized spacial score (nSPS) is 13.6. The van der Waals surface area contributed by atoms with Crippen molar-refractivity contribution in [1.82, 2.24) is 0 Å². The van der Waals surface area contributed by atoms with Crippen molar-refractivity contribution >= 4 is 25.7 Å². The fourth-order valence-electron chi connectivity index (χ4n) is 9.40. The summed E-state index contributed by atoms with van der Waals surface area (Å²) in [7, 11) is -4.76. The van der Waals surface area contributed by atoms with Gasteiger partial charge in [-0.2, -0.15) is 0 Å². The lowest BCUT2D eigenvalue weighted by atomic mass is 10.0. The molecule has 0 saturated heterocycles. The van der Waals surface area contributed by atoms with E-state index in [1.165, 1.54) is 154 Å². The van der Waals surface area contributed by atoms with Crippen LogP contribution in [0.1, 0.15) is 316 Å². The van der Waals surface area contributed by atoms with Crippen LogP contribution in [0.25, 0.3) is 0 Å². The molecule has 0 amide bonds. The summed E-state index contributed by atoms with van der Waals surface area (Å²) in [5.41, 5.74) is 0. The SMILES string of the molecule is CC/C=C\C/C=C\C/C=C\CCCCCCCCCC(=O)OCC(COP(=O)(O)OCC(CO)OC(=O)CCCCCCCCCCCCCCCCCCC)OC(=O)CCCCCCCCCCC/C=C\C/C=C\CCCCC. The first-order valence-corrected chi connectivity index (χ1v) is 34.7. The molecule has 12 heteroatoms. The maximum atomic E-state index is 13.0. The molecule has 0 saturated carbocycles. The van der Waals surface area contributed by atoms with Gasteiger partial charge in [-0.25, -0.2) is 4.57 Å². The van der Waals surface area contributed by atoms with Crippen molar-refractivity contribution in [2.75, 3.05) is 26.4 Å². The van der Waals surface area contributed by atoms with E-state index in [4.69, 9.17) is 23.3 Å². The van der Waals surface area contributed by atoms with Crippen molar-refractivity contribution in [3.63, 3.8) is 0 Å². The Morgan fingerprint density at radius 3 is 1.02 bits per heavy atom. The van der Waals surface area contributed by atoms with E-state index in [0.717, 1.165) is 103 Å². The average molecular weight is 1150 g/mol. The molecular formula is C68H123O11P. The molecule has 0 aromatic rings. The summed E-state index contributed by atoms with van der Waals surface area (Å²) in [5.74, 6) is -1.46. The van der Waals surface area contributed by atoms with E-state index in [0.29, 0.717) is 19.3 Å². The second-order valence-electron chi connectivity index (χ2n) is 22.3. The van der Waals surface area contributed by atoms with Crippen LogP contribution < -0.4 is 0 Å². The minimum absolute atomic E-state index is 0.161. The van der Waals surface area contributed by atoms with Crippen molar-refractivity contribution in [1.29, 1.82) is 0 Å². The number of allylic oxidation sites excluding steroid dienone is 10. The predicted molar refractivity (Wildman–Crippen MR) is 335 cm³/mol. The van der Waals surface area contributed by atoms with Crippen molar-refractivity contribution in [3.8, 4) is 0 Å². The van der Waals surface area contributed by atoms with E-state index in [1.807, 2.05) is 0 Å². The van der Waals surface area contributed by atoms with Crippen LogP contribution in [0.4, 0.5) is 0 Å². The molecule has 0 bridgehead atoms. The number of rotatable bonds is 62. The molecule has 0 fully saturated rings. The fourth-order valence-corrected chi connectivity index (χ4v) is 10.2. The van der Waals surface area contributed by atoms with Crippen molar-refractivity contribution in [2.45, 2.75) is 328 Å². The Balaban J connectivity index is 4.68. The van der Waals surface area contributed by atoms with Crippen LogP contribution in [-0.2, 0) is 42.2 Å². The van der Waals surface area contributed by atoms with Gasteiger partial charge in [0.05, 0.1) is 19.8 Å². The lowest BCUT2D eigenvalue weighted by molar-refractivity contribution is -0.161. The third kappa shape index (κ3) is 59.8. The van der Waals surface area contributed by atoms with Gasteiger partial charge in [-0.05, 0) is 83.5 Å². The van der Waals surface area contributed by atoms with Crippen LogP contribution in [0, 0.1) is 0 Å². The molecule has 0 spiro atoms. The first kappa shape index (κ1) is 77.2. The van der Waals surface area contributed by atoms with Gasteiger partial charge in [0.2, 0.25) is 0 Å². The Morgan fingerprint density at radius 1 is 0.362 bits per heavy atom. The van der Waals surface area contributed by atoms with Gasteiger partial charge in [0.1, 0.15) is 12.7 Å². The highest BCUT2D eigenvalue weighted by Gasteiger charge is 2.28. The first-order valence-electron chi connectivity index (χ1n) is 33.2. The van der Waals surface area contributed by atoms with Crippen molar-refractivity contribution in [3.05, 3.63) is 60.8 Å². The monoisotopic (exact) mass is 1150 g/mol. The maximum absolute atomic E-state index is 13.0. The standard InChI is InChI=1S/C68H123O11P/c1-4-7-10-13-16-19-22-25-28-31-32-35-38-41-44-47-50-53-56-59-68(72)79-65(61-75-66(70)57-54-51-48-45-42-39-36-33-29-26-23-20-17-14-11-8-5-2)63-77-80(73,74)76-62-64(60-69)78-67(71)58-55-52-49-46-43-40-37-34-30-27-24-21-18-15-12-9-6-3/h8,11,16-17,19-20,25-26,28-29,64-65,69H,4-7,9-10,12-15,18,21-24,27,30-63H2,1-3H3,(H,73,74)/b11-8-,19-16-,20-17-,28-25-,29-26-. The largest absolute Gasteiger partial charge is 0.472 e. The molecule has 2 N–H and O–H groups in total. The van der Waals surface area contributed by atoms with Crippen molar-refractivity contribution in [2.24, 2.45) is 0 Å². The van der Waals surface area contributed by atoms with Gasteiger partial charge >= 0.3 is 25.7 Å². The number of aliphatic hydroxyl groups excluding tert-OH is 1. The molecule has 466 valence electrons. The van der Waals surface area contributed by atoms with E-state index in [-0.39, 0.29) is 25.9 Å². The highest BCUT2D eigenvalue weighted by molar-refractivity contribution is 7.47. The van der Waals surface area contributed by atoms with E-state index in [9.17, 15) is 28.9 Å². The summed E-state index contributed by atoms with van der Waals surface area (Å²) in [6, 6.07) is 0. The third-order valence-electron chi connectivity index (χ3n) is 14.4. The summed E-state index contributed by atoms with van der Waals surface area (Å²) in [5, 5.41) is 9.87. The zero-order valence-corrected chi connectivity index (χ0v) is 52.7. The van der Waals surface area contributed by atoms with Crippen LogP contribution in [-0.4, -0.2) is 66.5 Å². The van der Waals surface area contributed by atoms with Gasteiger partial charge in [-0.15, -0.1) is 0 Å². The molecule has 0 aliphatic rings. The fraction of sp³-hybridized carbons (Fsp3) is 0.809. The number of phosphoric ester groups is 1. The van der Waals surface area contributed by atoms with E-state index in [2.05, 4.69) is 81.5 Å². The van der Waals surface area contributed by atoms with Gasteiger partial charge in [-0.1, -0.05) is 274 Å². The highest BCUT2D eigenvalue weighted by atomic mass is 31.2. The molecule has 0 aliphatic heterocycles. The number of hydrogen-bond acceptors (Lipinski definition) is 10. The van der Waals surface area contributed by atoms with Gasteiger partial charge < -0.3 is 24.2 Å². The summed E-state index contributed by atoms with van der Waals surface area (Å²) < 4.78 is 39.7. The lowest BCUT2D eigenvalue weighted by Gasteiger charge is -2.21. The summed E-state index contributed by atoms with van der Waals surface area (Å²) in [4.78, 5) is 48.8. The first-order chi connectivity index (χ1) is 39.2. The molecular weight excluding hydrogens is 1020 g/mol. The number of esters is 3. The Morgan fingerprint density at radius 2 is 0.650 bits per heavy atom. The van der Waals surface area contributed by atoms with Gasteiger partial charge in [-0.3, -0.25) is 23.4 Å². The molecule has 3 unspecified atom stereocenters. The number of aliphatic hydroxyl groups is 1. The number of hydrogen-bond donors (Lipinski definition) is 2. The molecule has 0 rings (SSSR count). The number of carbonyl (C=O) groups is 3. The van der Waals surface area contributed by atoms with Crippen LogP contribution >= 0.6 is 7.82 Å². The van der Waals surface area contributed by atoms with Crippen molar-refractivity contribution < 1.29 is 52.2 Å². The molecule has 0 heterocycles. The van der Waals surface area contributed by atoms with Gasteiger partial charge in [0, 0.05) is 19.3 Å². The minimum Gasteiger partial charge on any atom is -0.462 e. The van der Waals surface area contributed by atoms with Crippen LogP contribution in [0.15, 0.2) is 60.8 Å². The Labute approximate surface area is 491 Å². The van der Waals surface area contributed by atoms with E-state index >= 15 is 0 Å². The number of unbranched alkanes of at least 4 members (excludes halogenated alkanes) is 35. The minimum atomic E-state index is -4.76. The number of ether oxygens (including phenoxy) is 3. The molecule has 80 heavy (non-hydrogen) atoms. The topological polar surface area (TPSA) is 155 Å². The maximum Gasteiger partial charge on any atom is 0.472 e. The number of phosphoric acid groups is 1. The lowest BCUT2D eigenvalue weighted by Crippen LogP contribution is -2.30. The Hall–Kier alpha value is -2.82. The zero-order valence-electron chi connectivity index (χ0n) is 51.8. The molecule has 0 aromatic heterocycles. The van der Waals surface area contributed by atoms with Crippen LogP contribution in [0.3, 0.4) is 0 Å². The second kappa shape index (κ2) is 62.2. The summed E-state index contributed by atoms with van der Waals surface area (Å²) in [6.07, 6.45) is 70.2. The molecule has 3 atom stereocenters. The predicted octanol–water partition coefficient (Wildman–Crippen LogP) is 20.3. The molecule has 0 aliphatic carbocycles. The second-order valence-corrected chi connectivity index (χ2v) is 23.7. The molecule has 11 nitrogen and oxygen atoms in total. The third-order valence-corrected chi connectivity index (χ3v) is 15.4. The Bertz CT molecular complexity index is 1570. The van der Waals surface area contributed by atoms with Gasteiger partial charge in [0.25, 0.3) is 0 Å². The summed E-state index contributed by atoms with van der Waals surface area (Å²) in [6.45, 7) is 4.56. The van der Waals surface area contributed by atoms with Crippen LogP contribution in [0.5, 0.6) is 0 Å². The van der Waals surface area contributed by atoms with E-state index in [1.54, 1.807) is 0 Å². The number of carbonyl (C=O) groups excluding carboxylic acids is 3. The highest BCUT2D eigenvalue weighted by Crippen LogP contribution is 2.43. The summed E-state index contributed by atoms with van der Waals surface area (Å²) >= 11 is 0. The molecule has 0 radical (unpaired) electrons.